The molecule has 2 N–H and O–H groups in total. The zero-order chi connectivity index (χ0) is 28.9. The number of benzene rings is 2. The lowest BCUT2D eigenvalue weighted by Gasteiger charge is -2.30. The second-order valence-electron chi connectivity index (χ2n) is 11.6. The van der Waals surface area contributed by atoms with Gasteiger partial charge in [-0.1, -0.05) is 6.07 Å². The molecule has 0 unspecified atom stereocenters. The summed E-state index contributed by atoms with van der Waals surface area (Å²) < 4.78 is 34.7. The highest BCUT2D eigenvalue weighted by molar-refractivity contribution is 7.89. The summed E-state index contributed by atoms with van der Waals surface area (Å²) in [6.07, 6.45) is 4.33. The lowest BCUT2D eigenvalue weighted by molar-refractivity contribution is 0.238. The topological polar surface area (TPSA) is 99.7 Å². The number of nitrogens with one attached hydrogen (secondary N) is 2. The molecule has 1 aromatic heterocycles. The lowest BCUT2D eigenvalue weighted by atomic mass is 10.1. The molecule has 4 rings (SSSR count). The molecule has 9 nitrogen and oxygen atoms in total. The molecule has 0 atom stereocenters. The van der Waals surface area contributed by atoms with Crippen LogP contribution in [0.4, 0.5) is 23.1 Å². The second kappa shape index (κ2) is 12.5. The highest BCUT2D eigenvalue weighted by Gasteiger charge is 2.24. The first-order valence-corrected chi connectivity index (χ1v) is 15.4. The van der Waals surface area contributed by atoms with Crippen molar-refractivity contribution in [1.82, 2.24) is 19.6 Å². The molecule has 1 saturated heterocycles. The van der Waals surface area contributed by atoms with Crippen molar-refractivity contribution in [2.45, 2.75) is 70.9 Å². The summed E-state index contributed by atoms with van der Waals surface area (Å²) in [5.41, 5.74) is 1.87. The fourth-order valence-electron chi connectivity index (χ4n) is 4.73. The van der Waals surface area contributed by atoms with E-state index in [-0.39, 0.29) is 10.9 Å². The predicted molar refractivity (Wildman–Crippen MR) is 161 cm³/mol. The van der Waals surface area contributed by atoms with E-state index < -0.39 is 15.6 Å². The maximum absolute atomic E-state index is 13.0. The number of aromatic nitrogens is 2. The van der Waals surface area contributed by atoms with Crippen LogP contribution in [-0.2, 0) is 10.0 Å². The SMILES string of the molecule is Cc1cnc(Nc2ccc(OCCN3CCCC3)cc2)nc1N(c1cccc(S(=O)(=O)NC(C)(C)C)c1)C(C)C. The first-order valence-electron chi connectivity index (χ1n) is 13.9. The maximum Gasteiger partial charge on any atom is 0.241 e. The Kier molecular flexibility index (Phi) is 9.33. The van der Waals surface area contributed by atoms with Gasteiger partial charge in [-0.25, -0.2) is 18.1 Å². The molecular weight excluding hydrogens is 524 g/mol. The van der Waals surface area contributed by atoms with E-state index in [4.69, 9.17) is 9.72 Å². The monoisotopic (exact) mass is 566 g/mol. The fourth-order valence-corrected chi connectivity index (χ4v) is 6.18. The lowest BCUT2D eigenvalue weighted by Crippen LogP contribution is -2.40. The summed E-state index contributed by atoms with van der Waals surface area (Å²) in [6, 6.07) is 14.7. The van der Waals surface area contributed by atoms with E-state index in [0.717, 1.165) is 42.3 Å². The molecule has 0 bridgehead atoms. The van der Waals surface area contributed by atoms with Crippen molar-refractivity contribution in [3.63, 3.8) is 0 Å². The number of rotatable bonds is 11. The summed E-state index contributed by atoms with van der Waals surface area (Å²) in [5.74, 6) is 1.98. The Morgan fingerprint density at radius 3 is 2.42 bits per heavy atom. The molecule has 216 valence electrons. The van der Waals surface area contributed by atoms with Crippen LogP contribution in [0.5, 0.6) is 5.75 Å². The van der Waals surface area contributed by atoms with Gasteiger partial charge in [-0.15, -0.1) is 0 Å². The van der Waals surface area contributed by atoms with E-state index in [1.807, 2.05) is 76.8 Å². The molecule has 3 aromatic rings. The number of nitrogens with zero attached hydrogens (tertiary/aromatic N) is 4. The Bertz CT molecular complexity index is 1380. The van der Waals surface area contributed by atoms with Crippen LogP contribution in [0.3, 0.4) is 0 Å². The molecule has 0 aliphatic carbocycles. The molecule has 10 heteroatoms. The van der Waals surface area contributed by atoms with Gasteiger partial charge in [0.25, 0.3) is 0 Å². The first kappa shape index (κ1) is 29.8. The molecule has 40 heavy (non-hydrogen) atoms. The van der Waals surface area contributed by atoms with Gasteiger partial charge in [0, 0.05) is 41.3 Å². The van der Waals surface area contributed by atoms with Crippen LogP contribution in [-0.4, -0.2) is 61.1 Å². The Morgan fingerprint density at radius 2 is 1.77 bits per heavy atom. The zero-order valence-electron chi connectivity index (χ0n) is 24.4. The molecule has 2 heterocycles. The average molecular weight is 567 g/mol. The summed E-state index contributed by atoms with van der Waals surface area (Å²) >= 11 is 0. The Hall–Kier alpha value is -3.21. The molecule has 0 amide bonds. The Labute approximate surface area is 239 Å². The van der Waals surface area contributed by atoms with Gasteiger partial charge < -0.3 is 15.0 Å². The molecule has 1 aliphatic heterocycles. The third-order valence-corrected chi connectivity index (χ3v) is 8.28. The Morgan fingerprint density at radius 1 is 1.07 bits per heavy atom. The molecule has 0 spiro atoms. The molecule has 2 aromatic carbocycles. The average Bonchev–Trinajstić information content (AvgIpc) is 3.39. The fraction of sp³-hybridized carbons (Fsp3) is 0.467. The molecular formula is C30H42N6O3S. The van der Waals surface area contributed by atoms with Gasteiger partial charge in [0.2, 0.25) is 16.0 Å². The largest absolute Gasteiger partial charge is 0.492 e. The summed E-state index contributed by atoms with van der Waals surface area (Å²) in [7, 11) is -3.69. The highest BCUT2D eigenvalue weighted by atomic mass is 32.2. The molecule has 1 fully saturated rings. The smallest absolute Gasteiger partial charge is 0.241 e. The van der Waals surface area contributed by atoms with E-state index in [1.54, 1.807) is 24.4 Å². The number of anilines is 4. The van der Waals surface area contributed by atoms with Crippen molar-refractivity contribution in [2.75, 3.05) is 36.5 Å². The van der Waals surface area contributed by atoms with Gasteiger partial charge in [0.15, 0.2) is 0 Å². The minimum absolute atomic E-state index is 0.00645. The molecule has 0 radical (unpaired) electrons. The summed E-state index contributed by atoms with van der Waals surface area (Å²) in [5, 5.41) is 3.29. The van der Waals surface area contributed by atoms with Crippen molar-refractivity contribution >= 4 is 33.2 Å². The summed E-state index contributed by atoms with van der Waals surface area (Å²) in [6.45, 7) is 15.5. The van der Waals surface area contributed by atoms with E-state index in [2.05, 4.69) is 19.9 Å². The number of hydrogen-bond acceptors (Lipinski definition) is 8. The van der Waals surface area contributed by atoms with Crippen molar-refractivity contribution < 1.29 is 13.2 Å². The summed E-state index contributed by atoms with van der Waals surface area (Å²) in [4.78, 5) is 14.0. The van der Waals surface area contributed by atoms with Gasteiger partial charge in [-0.05, 0) is 110 Å². The minimum atomic E-state index is -3.69. The van der Waals surface area contributed by atoms with Crippen molar-refractivity contribution in [3.8, 4) is 5.75 Å². The third-order valence-electron chi connectivity index (χ3n) is 6.52. The van der Waals surface area contributed by atoms with Crippen LogP contribution in [0.1, 0.15) is 53.0 Å². The number of aryl methyl sites for hydroxylation is 1. The van der Waals surface area contributed by atoms with Crippen LogP contribution in [0, 0.1) is 6.92 Å². The van der Waals surface area contributed by atoms with Crippen LogP contribution in [0.25, 0.3) is 0 Å². The number of likely N-dealkylation sites (tertiary alicyclic amines) is 1. The van der Waals surface area contributed by atoms with Gasteiger partial charge in [0.1, 0.15) is 18.2 Å². The number of ether oxygens (including phenoxy) is 1. The van der Waals surface area contributed by atoms with Gasteiger partial charge >= 0.3 is 0 Å². The number of hydrogen-bond donors (Lipinski definition) is 2. The maximum atomic E-state index is 13.0. The van der Waals surface area contributed by atoms with E-state index in [9.17, 15) is 8.42 Å². The third kappa shape index (κ3) is 7.93. The predicted octanol–water partition coefficient (Wildman–Crippen LogP) is 5.63. The van der Waals surface area contributed by atoms with Crippen molar-refractivity contribution in [2.24, 2.45) is 0 Å². The van der Waals surface area contributed by atoms with Crippen LogP contribution >= 0.6 is 0 Å². The first-order chi connectivity index (χ1) is 18.9. The minimum Gasteiger partial charge on any atom is -0.492 e. The van der Waals surface area contributed by atoms with Crippen molar-refractivity contribution in [1.29, 1.82) is 0 Å². The number of sulfonamides is 1. The van der Waals surface area contributed by atoms with Crippen molar-refractivity contribution in [3.05, 3.63) is 60.3 Å². The van der Waals surface area contributed by atoms with Crippen LogP contribution in [0.15, 0.2) is 59.6 Å². The Balaban J connectivity index is 1.51. The standard InChI is InChI=1S/C30H42N6O3S/c1-22(2)36(25-10-9-11-27(20-25)40(37,38)34-30(4,5)6)28-23(3)21-31-29(33-28)32-24-12-14-26(15-13-24)39-19-18-35-16-7-8-17-35/h9-15,20-22,34H,7-8,16-19H2,1-6H3,(H,31,32,33). The van der Waals surface area contributed by atoms with E-state index in [1.165, 1.54) is 12.8 Å². The molecule has 0 saturated carbocycles. The van der Waals surface area contributed by atoms with E-state index in [0.29, 0.717) is 18.4 Å². The van der Waals surface area contributed by atoms with Gasteiger partial charge in [-0.3, -0.25) is 4.90 Å². The second-order valence-corrected chi connectivity index (χ2v) is 13.2. The van der Waals surface area contributed by atoms with Gasteiger partial charge in [-0.2, -0.15) is 4.98 Å². The van der Waals surface area contributed by atoms with Gasteiger partial charge in [0.05, 0.1) is 4.90 Å². The normalized spacial score (nSPS) is 14.5. The van der Waals surface area contributed by atoms with Crippen LogP contribution in [0.2, 0.25) is 0 Å². The van der Waals surface area contributed by atoms with Crippen LogP contribution < -0.4 is 19.7 Å². The zero-order valence-corrected chi connectivity index (χ0v) is 25.3. The quantitative estimate of drug-likeness (QED) is 0.308. The molecule has 1 aliphatic rings. The van der Waals surface area contributed by atoms with E-state index >= 15 is 0 Å². The highest BCUT2D eigenvalue weighted by Crippen LogP contribution is 2.32.